The lowest BCUT2D eigenvalue weighted by Gasteiger charge is -1.94. The molecule has 2 N–H and O–H groups in total. The van der Waals surface area contributed by atoms with Crippen LogP contribution >= 0.6 is 11.6 Å². The van der Waals surface area contributed by atoms with E-state index in [1.54, 1.807) is 12.3 Å². The number of nitrogen functional groups attached to an aromatic ring is 1. The van der Waals surface area contributed by atoms with Crippen molar-refractivity contribution in [3.8, 4) is 11.3 Å². The second kappa shape index (κ2) is 3.38. The highest BCUT2D eigenvalue weighted by atomic mass is 35.5. The van der Waals surface area contributed by atoms with Crippen molar-refractivity contribution < 1.29 is 8.94 Å². The van der Waals surface area contributed by atoms with Crippen LogP contribution in [0, 0.1) is 0 Å². The van der Waals surface area contributed by atoms with Gasteiger partial charge in [0, 0.05) is 6.42 Å². The van der Waals surface area contributed by atoms with Gasteiger partial charge >= 0.3 is 0 Å². The zero-order chi connectivity index (χ0) is 10.1. The number of aryl methyl sites for hydroxylation is 1. The van der Waals surface area contributed by atoms with Crippen LogP contribution in [0.15, 0.2) is 21.3 Å². The molecule has 0 saturated heterocycles. The van der Waals surface area contributed by atoms with Gasteiger partial charge < -0.3 is 14.7 Å². The molecule has 2 heterocycles. The zero-order valence-corrected chi connectivity index (χ0v) is 8.34. The van der Waals surface area contributed by atoms with Crippen molar-refractivity contribution in [2.24, 2.45) is 0 Å². The van der Waals surface area contributed by atoms with Crippen molar-refractivity contribution in [3.63, 3.8) is 0 Å². The first-order chi connectivity index (χ1) is 6.74. The summed E-state index contributed by atoms with van der Waals surface area (Å²) in [4.78, 5) is 0. The summed E-state index contributed by atoms with van der Waals surface area (Å²) in [6.07, 6.45) is 2.35. The van der Waals surface area contributed by atoms with Crippen LogP contribution in [0.4, 0.5) is 5.82 Å². The molecule has 0 spiro atoms. The second-order valence-electron chi connectivity index (χ2n) is 2.82. The average molecular weight is 213 g/mol. The molecule has 0 atom stereocenters. The SMILES string of the molecule is CCc1occc1-c1onc(N)c1Cl. The lowest BCUT2D eigenvalue weighted by molar-refractivity contribution is 0.433. The first-order valence-corrected chi connectivity index (χ1v) is 4.59. The molecular weight excluding hydrogens is 204 g/mol. The number of anilines is 1. The first-order valence-electron chi connectivity index (χ1n) is 4.21. The lowest BCUT2D eigenvalue weighted by Crippen LogP contribution is -1.83. The minimum absolute atomic E-state index is 0.199. The van der Waals surface area contributed by atoms with Crippen molar-refractivity contribution in [2.45, 2.75) is 13.3 Å². The number of hydrogen-bond acceptors (Lipinski definition) is 4. The molecule has 14 heavy (non-hydrogen) atoms. The molecule has 0 aliphatic heterocycles. The summed E-state index contributed by atoms with van der Waals surface area (Å²) in [6.45, 7) is 1.98. The lowest BCUT2D eigenvalue weighted by atomic mass is 10.1. The van der Waals surface area contributed by atoms with Crippen molar-refractivity contribution in [2.75, 3.05) is 5.73 Å². The number of nitrogens with two attached hydrogens (primary N) is 1. The number of rotatable bonds is 2. The molecule has 0 unspecified atom stereocenters. The normalized spacial score (nSPS) is 10.7. The topological polar surface area (TPSA) is 65.2 Å². The van der Waals surface area contributed by atoms with Crippen LogP contribution in [-0.2, 0) is 6.42 Å². The Morgan fingerprint density at radius 2 is 2.36 bits per heavy atom. The van der Waals surface area contributed by atoms with Crippen molar-refractivity contribution in [3.05, 3.63) is 23.1 Å². The summed E-state index contributed by atoms with van der Waals surface area (Å²) in [5, 5.41) is 3.91. The zero-order valence-electron chi connectivity index (χ0n) is 7.58. The maximum atomic E-state index is 5.91. The third-order valence-electron chi connectivity index (χ3n) is 1.97. The van der Waals surface area contributed by atoms with E-state index in [1.165, 1.54) is 0 Å². The van der Waals surface area contributed by atoms with Crippen LogP contribution in [0.25, 0.3) is 11.3 Å². The predicted octanol–water partition coefficient (Wildman–Crippen LogP) is 2.73. The fraction of sp³-hybridized carbons (Fsp3) is 0.222. The summed E-state index contributed by atoms with van der Waals surface area (Å²) in [5.74, 6) is 1.47. The first kappa shape index (κ1) is 9.15. The molecule has 0 aliphatic rings. The molecule has 4 nitrogen and oxygen atoms in total. The van der Waals surface area contributed by atoms with E-state index in [-0.39, 0.29) is 5.82 Å². The van der Waals surface area contributed by atoms with Gasteiger partial charge in [-0.05, 0) is 6.07 Å². The van der Waals surface area contributed by atoms with Crippen LogP contribution in [0.2, 0.25) is 5.02 Å². The Kier molecular flexibility index (Phi) is 2.21. The molecular formula is C9H9ClN2O2. The molecule has 2 rings (SSSR count). The Labute approximate surface area is 85.6 Å². The number of nitrogens with zero attached hydrogens (tertiary/aromatic N) is 1. The van der Waals surface area contributed by atoms with E-state index < -0.39 is 0 Å². The Bertz CT molecular complexity index is 447. The van der Waals surface area contributed by atoms with Crippen molar-refractivity contribution in [1.82, 2.24) is 5.16 Å². The van der Waals surface area contributed by atoms with Crippen LogP contribution in [0.1, 0.15) is 12.7 Å². The molecule has 2 aromatic rings. The van der Waals surface area contributed by atoms with Gasteiger partial charge in [0.15, 0.2) is 11.6 Å². The minimum Gasteiger partial charge on any atom is -0.469 e. The van der Waals surface area contributed by atoms with Gasteiger partial charge in [-0.25, -0.2) is 0 Å². The third-order valence-corrected chi connectivity index (χ3v) is 2.34. The second-order valence-corrected chi connectivity index (χ2v) is 3.20. The van der Waals surface area contributed by atoms with E-state index in [0.717, 1.165) is 17.7 Å². The predicted molar refractivity (Wildman–Crippen MR) is 53.0 cm³/mol. The van der Waals surface area contributed by atoms with Crippen LogP contribution in [-0.4, -0.2) is 5.16 Å². The Morgan fingerprint density at radius 3 is 2.93 bits per heavy atom. The largest absolute Gasteiger partial charge is 0.469 e. The molecule has 0 fully saturated rings. The van der Waals surface area contributed by atoms with Gasteiger partial charge in [0.25, 0.3) is 0 Å². The molecule has 0 aliphatic carbocycles. The van der Waals surface area contributed by atoms with Crippen molar-refractivity contribution >= 4 is 17.4 Å². The highest BCUT2D eigenvalue weighted by molar-refractivity contribution is 6.35. The number of furan rings is 1. The summed E-state index contributed by atoms with van der Waals surface area (Å²) < 4.78 is 10.3. The molecule has 0 aromatic carbocycles. The van der Waals surface area contributed by atoms with Crippen molar-refractivity contribution in [1.29, 1.82) is 0 Å². The molecule has 0 saturated carbocycles. The molecule has 2 aromatic heterocycles. The van der Waals surface area contributed by atoms with E-state index >= 15 is 0 Å². The Balaban J connectivity index is 2.54. The van der Waals surface area contributed by atoms with Gasteiger partial charge in [-0.2, -0.15) is 0 Å². The van der Waals surface area contributed by atoms with E-state index in [9.17, 15) is 0 Å². The summed E-state index contributed by atoms with van der Waals surface area (Å²) >= 11 is 5.91. The smallest absolute Gasteiger partial charge is 0.191 e. The monoisotopic (exact) mass is 212 g/mol. The number of aromatic nitrogens is 1. The van der Waals surface area contributed by atoms with Gasteiger partial charge in [-0.1, -0.05) is 23.7 Å². The van der Waals surface area contributed by atoms with E-state index in [4.69, 9.17) is 26.3 Å². The highest BCUT2D eigenvalue weighted by Crippen LogP contribution is 2.34. The van der Waals surface area contributed by atoms with Gasteiger partial charge in [0.2, 0.25) is 0 Å². The van der Waals surface area contributed by atoms with E-state index in [0.29, 0.717) is 10.8 Å². The Morgan fingerprint density at radius 1 is 1.57 bits per heavy atom. The fourth-order valence-corrected chi connectivity index (χ4v) is 1.45. The van der Waals surface area contributed by atoms with Gasteiger partial charge in [0.05, 0.1) is 11.8 Å². The number of halogens is 1. The van der Waals surface area contributed by atoms with Crippen LogP contribution < -0.4 is 5.73 Å². The van der Waals surface area contributed by atoms with E-state index in [2.05, 4.69) is 5.16 Å². The van der Waals surface area contributed by atoms with Gasteiger partial charge in [-0.3, -0.25) is 0 Å². The standard InChI is InChI=1S/C9H9ClN2O2/c1-2-6-5(3-4-13-6)8-7(10)9(11)12-14-8/h3-4H,2H2,1H3,(H2,11,12). The van der Waals surface area contributed by atoms with Gasteiger partial charge in [-0.15, -0.1) is 0 Å². The summed E-state index contributed by atoms with van der Waals surface area (Å²) in [6, 6.07) is 1.78. The third kappa shape index (κ3) is 1.28. The highest BCUT2D eigenvalue weighted by Gasteiger charge is 2.17. The number of hydrogen-bond donors (Lipinski definition) is 1. The maximum absolute atomic E-state index is 5.91. The maximum Gasteiger partial charge on any atom is 0.191 e. The average Bonchev–Trinajstić information content (AvgIpc) is 2.75. The van der Waals surface area contributed by atoms with Crippen LogP contribution in [0.3, 0.4) is 0 Å². The molecule has 0 bridgehead atoms. The molecule has 0 radical (unpaired) electrons. The van der Waals surface area contributed by atoms with Crippen LogP contribution in [0.5, 0.6) is 0 Å². The van der Waals surface area contributed by atoms with E-state index in [1.807, 2.05) is 6.92 Å². The quantitative estimate of drug-likeness (QED) is 0.831. The fourth-order valence-electron chi connectivity index (χ4n) is 1.28. The summed E-state index contributed by atoms with van der Waals surface area (Å²) in [5.41, 5.74) is 6.28. The Hall–Kier alpha value is -1.42. The summed E-state index contributed by atoms with van der Waals surface area (Å²) in [7, 11) is 0. The molecule has 5 heteroatoms. The van der Waals surface area contributed by atoms with Gasteiger partial charge in [0.1, 0.15) is 10.8 Å². The molecule has 0 amide bonds. The minimum atomic E-state index is 0.199. The molecule has 74 valence electrons.